The summed E-state index contributed by atoms with van der Waals surface area (Å²) in [6.45, 7) is 7.53. The van der Waals surface area contributed by atoms with Crippen LogP contribution in [-0.4, -0.2) is 65.2 Å². The third-order valence-corrected chi connectivity index (χ3v) is 6.16. The number of anilines is 1. The summed E-state index contributed by atoms with van der Waals surface area (Å²) in [4.78, 5) is 13.6. The Morgan fingerprint density at radius 1 is 1.14 bits per heavy atom. The fourth-order valence-corrected chi connectivity index (χ4v) is 4.30. The molecular formula is C18H25N9S. The predicted octanol–water partition coefficient (Wildman–Crippen LogP) is 1.77. The van der Waals surface area contributed by atoms with Gasteiger partial charge in [0.25, 0.3) is 0 Å². The molecule has 10 heteroatoms. The lowest BCUT2D eigenvalue weighted by Crippen LogP contribution is -2.47. The normalized spacial score (nSPS) is 18.3. The van der Waals surface area contributed by atoms with Gasteiger partial charge < -0.3 is 9.47 Å². The molecule has 0 amide bonds. The van der Waals surface area contributed by atoms with Crippen molar-refractivity contribution in [3.8, 4) is 0 Å². The second kappa shape index (κ2) is 6.93. The fraction of sp³-hybridized carbons (Fsp3) is 0.611. The molecular weight excluding hydrogens is 374 g/mol. The number of hydrogen-bond acceptors (Lipinski definition) is 7. The lowest BCUT2D eigenvalue weighted by molar-refractivity contribution is 0.193. The van der Waals surface area contributed by atoms with Gasteiger partial charge in [0.15, 0.2) is 10.4 Å². The monoisotopic (exact) mass is 399 g/mol. The lowest BCUT2D eigenvalue weighted by Gasteiger charge is -2.35. The molecule has 28 heavy (non-hydrogen) atoms. The van der Waals surface area contributed by atoms with Crippen molar-refractivity contribution in [2.24, 2.45) is 7.05 Å². The number of nitrogens with zero attached hydrogens (tertiary/aromatic N) is 9. The summed E-state index contributed by atoms with van der Waals surface area (Å²) in [7, 11) is 1.91. The molecule has 1 saturated heterocycles. The Morgan fingerprint density at radius 3 is 2.64 bits per heavy atom. The Hall–Kier alpha value is -2.33. The molecule has 0 atom stereocenters. The largest absolute Gasteiger partial charge is 0.353 e. The van der Waals surface area contributed by atoms with Gasteiger partial charge in [0, 0.05) is 45.7 Å². The van der Waals surface area contributed by atoms with E-state index in [2.05, 4.69) is 36.4 Å². The summed E-state index contributed by atoms with van der Waals surface area (Å²) in [6, 6.07) is 0. The van der Waals surface area contributed by atoms with Crippen molar-refractivity contribution in [3.63, 3.8) is 0 Å². The van der Waals surface area contributed by atoms with Crippen molar-refractivity contribution < 1.29 is 0 Å². The van der Waals surface area contributed by atoms with Crippen molar-refractivity contribution >= 4 is 29.1 Å². The average Bonchev–Trinajstić information content (AvgIpc) is 3.43. The van der Waals surface area contributed by atoms with Crippen LogP contribution in [0.15, 0.2) is 12.5 Å². The van der Waals surface area contributed by atoms with Crippen LogP contribution in [0, 0.1) is 4.77 Å². The first-order valence-electron chi connectivity index (χ1n) is 9.93. The van der Waals surface area contributed by atoms with Crippen molar-refractivity contribution in [2.75, 3.05) is 31.1 Å². The summed E-state index contributed by atoms with van der Waals surface area (Å²) in [6.07, 6.45) is 5.97. The zero-order valence-corrected chi connectivity index (χ0v) is 17.1. The number of rotatable bonds is 5. The van der Waals surface area contributed by atoms with Crippen LogP contribution >= 0.6 is 12.2 Å². The summed E-state index contributed by atoms with van der Waals surface area (Å²) >= 11 is 5.68. The van der Waals surface area contributed by atoms with Gasteiger partial charge >= 0.3 is 0 Å². The standard InChI is InChI=1S/C18H25N9S/c1-3-26-15(13-4-5-13)22-27(18(26)28)12-24-6-8-25(9-7-24)17-14-10-21-23(2)16(14)19-11-20-17/h10-11,13H,3-9,12H2,1-2H3. The van der Waals surface area contributed by atoms with Gasteiger partial charge in [0.2, 0.25) is 0 Å². The molecule has 0 unspecified atom stereocenters. The molecule has 1 aliphatic carbocycles. The minimum absolute atomic E-state index is 0.611. The highest BCUT2D eigenvalue weighted by Gasteiger charge is 2.30. The zero-order chi connectivity index (χ0) is 19.3. The van der Waals surface area contributed by atoms with E-state index in [1.54, 1.807) is 11.0 Å². The van der Waals surface area contributed by atoms with Crippen molar-refractivity contribution in [3.05, 3.63) is 23.1 Å². The van der Waals surface area contributed by atoms with Gasteiger partial charge in [-0.3, -0.25) is 9.58 Å². The minimum atomic E-state index is 0.611. The Balaban J connectivity index is 1.29. The number of aryl methyl sites for hydroxylation is 1. The maximum atomic E-state index is 5.68. The van der Waals surface area contributed by atoms with E-state index in [1.807, 2.05) is 17.9 Å². The van der Waals surface area contributed by atoms with Crippen molar-refractivity contribution in [2.45, 2.75) is 38.9 Å². The van der Waals surface area contributed by atoms with Gasteiger partial charge in [0.05, 0.1) is 18.3 Å². The van der Waals surface area contributed by atoms with E-state index in [-0.39, 0.29) is 0 Å². The Morgan fingerprint density at radius 2 is 1.93 bits per heavy atom. The fourth-order valence-electron chi connectivity index (χ4n) is 3.98. The molecule has 0 bridgehead atoms. The number of fused-ring (bicyclic) bond motifs is 1. The summed E-state index contributed by atoms with van der Waals surface area (Å²) in [5.74, 6) is 2.76. The van der Waals surface area contributed by atoms with Crippen LogP contribution in [0.4, 0.5) is 5.82 Å². The van der Waals surface area contributed by atoms with Crippen LogP contribution in [0.5, 0.6) is 0 Å². The molecule has 0 spiro atoms. The first-order chi connectivity index (χ1) is 13.7. The highest BCUT2D eigenvalue weighted by molar-refractivity contribution is 7.71. The third-order valence-electron chi connectivity index (χ3n) is 5.72. The number of hydrogen-bond donors (Lipinski definition) is 0. The van der Waals surface area contributed by atoms with Crippen molar-refractivity contribution in [1.82, 2.24) is 39.0 Å². The molecule has 2 aliphatic rings. The Kier molecular flexibility index (Phi) is 4.39. The third kappa shape index (κ3) is 3.00. The van der Waals surface area contributed by atoms with Crippen LogP contribution in [0.3, 0.4) is 0 Å². The predicted molar refractivity (Wildman–Crippen MR) is 109 cm³/mol. The molecule has 3 aromatic rings. The van der Waals surface area contributed by atoms with E-state index in [0.717, 1.165) is 61.0 Å². The van der Waals surface area contributed by atoms with Gasteiger partial charge in [-0.1, -0.05) is 0 Å². The van der Waals surface area contributed by atoms with E-state index in [0.29, 0.717) is 5.92 Å². The van der Waals surface area contributed by atoms with E-state index < -0.39 is 0 Å². The van der Waals surface area contributed by atoms with E-state index in [1.165, 1.54) is 18.7 Å². The van der Waals surface area contributed by atoms with E-state index >= 15 is 0 Å². The molecule has 0 radical (unpaired) electrons. The molecule has 3 aromatic heterocycles. The lowest BCUT2D eigenvalue weighted by atomic mass is 10.3. The molecule has 0 N–H and O–H groups in total. The summed E-state index contributed by atoms with van der Waals surface area (Å²) < 4.78 is 6.84. The van der Waals surface area contributed by atoms with Crippen LogP contribution < -0.4 is 4.90 Å². The molecule has 4 heterocycles. The van der Waals surface area contributed by atoms with Gasteiger partial charge in [-0.05, 0) is 32.0 Å². The Bertz CT molecular complexity index is 1050. The highest BCUT2D eigenvalue weighted by atomic mass is 32.1. The second-order valence-electron chi connectivity index (χ2n) is 7.61. The van der Waals surface area contributed by atoms with E-state index in [9.17, 15) is 0 Å². The summed E-state index contributed by atoms with van der Waals surface area (Å²) in [5, 5.41) is 10.2. The molecule has 0 aromatic carbocycles. The molecule has 5 rings (SSSR count). The quantitative estimate of drug-likeness (QED) is 0.606. The van der Waals surface area contributed by atoms with Gasteiger partial charge in [0.1, 0.15) is 18.0 Å². The van der Waals surface area contributed by atoms with Crippen LogP contribution in [0.25, 0.3) is 11.0 Å². The minimum Gasteiger partial charge on any atom is -0.353 e. The van der Waals surface area contributed by atoms with Crippen molar-refractivity contribution in [1.29, 1.82) is 0 Å². The second-order valence-corrected chi connectivity index (χ2v) is 7.97. The van der Waals surface area contributed by atoms with Crippen LogP contribution in [0.1, 0.15) is 31.5 Å². The van der Waals surface area contributed by atoms with Crippen LogP contribution in [-0.2, 0) is 20.3 Å². The number of aromatic nitrogens is 7. The van der Waals surface area contributed by atoms with Crippen LogP contribution in [0.2, 0.25) is 0 Å². The molecule has 2 fully saturated rings. The maximum absolute atomic E-state index is 5.68. The molecule has 1 aliphatic heterocycles. The Labute approximate surface area is 168 Å². The first-order valence-corrected chi connectivity index (χ1v) is 10.3. The smallest absolute Gasteiger partial charge is 0.199 e. The topological polar surface area (TPSA) is 72.8 Å². The van der Waals surface area contributed by atoms with Gasteiger partial charge in [-0.2, -0.15) is 10.2 Å². The zero-order valence-electron chi connectivity index (χ0n) is 16.3. The SMILES string of the molecule is CCn1c(C2CC2)nn(CN2CCN(c3ncnc4c3cnn4C)CC2)c1=S. The highest BCUT2D eigenvalue weighted by Crippen LogP contribution is 2.39. The van der Waals surface area contributed by atoms with Gasteiger partial charge in [-0.25, -0.2) is 14.6 Å². The number of piperazine rings is 1. The van der Waals surface area contributed by atoms with E-state index in [4.69, 9.17) is 17.3 Å². The molecule has 1 saturated carbocycles. The average molecular weight is 400 g/mol. The maximum Gasteiger partial charge on any atom is 0.199 e. The van der Waals surface area contributed by atoms with Gasteiger partial charge in [-0.15, -0.1) is 0 Å². The first kappa shape index (κ1) is 17.7. The molecule has 148 valence electrons. The molecule has 9 nitrogen and oxygen atoms in total. The summed E-state index contributed by atoms with van der Waals surface area (Å²) in [5.41, 5.74) is 0.872.